The minimum absolute atomic E-state index is 0.0625. The van der Waals surface area contributed by atoms with Gasteiger partial charge in [-0.15, -0.1) is 0 Å². The van der Waals surface area contributed by atoms with E-state index in [1.807, 2.05) is 0 Å². The Balaban J connectivity index is 3.32. The predicted molar refractivity (Wildman–Crippen MR) is 26.0 cm³/mol. The first kappa shape index (κ1) is 6.34. The van der Waals surface area contributed by atoms with Crippen LogP contribution in [0, 0.1) is 0 Å². The van der Waals surface area contributed by atoms with Crippen LogP contribution in [0.5, 0.6) is 0 Å². The van der Waals surface area contributed by atoms with E-state index >= 15 is 0 Å². The van der Waals surface area contributed by atoms with Crippen LogP contribution in [0.15, 0.2) is 0 Å². The third-order valence-electron chi connectivity index (χ3n) is 0.498. The summed E-state index contributed by atoms with van der Waals surface area (Å²) < 4.78 is 0. The molecule has 0 unspecified atom stereocenters. The number of Topliss-reactive ketones (excluding diaryl/α,β-unsaturated/α-hetero) is 2. The highest BCUT2D eigenvalue weighted by atomic mass is 16.2. The van der Waals surface area contributed by atoms with Gasteiger partial charge in [0.1, 0.15) is 11.6 Å². The van der Waals surface area contributed by atoms with Gasteiger partial charge in [-0.25, -0.2) is 0 Å². The Bertz CT molecular complexity index is 82.3. The molecule has 2 heteroatoms. The molecule has 2 nitrogen and oxygen atoms in total. The van der Waals surface area contributed by atoms with Gasteiger partial charge in [0.2, 0.25) is 0 Å². The number of rotatable bonds is 2. The van der Waals surface area contributed by atoms with Crippen LogP contribution in [0.3, 0.4) is 0 Å². The highest BCUT2D eigenvalue weighted by Gasteiger charge is 1.94. The van der Waals surface area contributed by atoms with Crippen molar-refractivity contribution in [2.24, 2.45) is 0 Å². The second-order valence-electron chi connectivity index (χ2n) is 1.58. The topological polar surface area (TPSA) is 34.1 Å². The van der Waals surface area contributed by atoms with E-state index in [1.54, 1.807) is 0 Å². The molecule has 0 atom stereocenters. The number of carbonyl (C=O) groups excluding carboxylic acids is 2. The molecule has 0 aliphatic heterocycles. The van der Waals surface area contributed by atoms with E-state index in [0.717, 1.165) is 0 Å². The smallest absolute Gasteiger partial charge is 0.137 e. The zero-order valence-electron chi connectivity index (χ0n) is 4.52. The molecule has 0 saturated heterocycles. The van der Waals surface area contributed by atoms with Gasteiger partial charge in [-0.3, -0.25) is 9.59 Å². The fourth-order valence-corrected chi connectivity index (χ4v) is 0.351. The molecule has 0 aromatic heterocycles. The van der Waals surface area contributed by atoms with Gasteiger partial charge >= 0.3 is 0 Å². The lowest BCUT2D eigenvalue weighted by atomic mass is 10.5. The molecule has 0 radical (unpaired) electrons. The molecule has 7 heavy (non-hydrogen) atoms. The first-order valence-corrected chi connectivity index (χ1v) is 2.12. The van der Waals surface area contributed by atoms with Gasteiger partial charge in [-0.1, -0.05) is 0 Å². The van der Waals surface area contributed by atoms with Crippen molar-refractivity contribution in [1.29, 1.82) is 0 Å². The van der Waals surface area contributed by atoms with Gasteiger partial charge in [0.15, 0.2) is 0 Å². The van der Waals surface area contributed by atoms with Crippen molar-refractivity contribution < 1.29 is 9.59 Å². The van der Waals surface area contributed by atoms with Gasteiger partial charge in [0.25, 0.3) is 0 Å². The van der Waals surface area contributed by atoms with Crippen LogP contribution in [0.4, 0.5) is 0 Å². The minimum atomic E-state index is -0.0625. The van der Waals surface area contributed by atoms with Gasteiger partial charge < -0.3 is 0 Å². The summed E-state index contributed by atoms with van der Waals surface area (Å²) in [4.78, 5) is 20.1. The van der Waals surface area contributed by atoms with Crippen LogP contribution in [-0.2, 0) is 9.59 Å². The molecule has 0 aliphatic carbocycles. The van der Waals surface area contributed by atoms with Gasteiger partial charge in [0, 0.05) is 0 Å². The number of hydrogen-bond acceptors (Lipinski definition) is 2. The standard InChI is InChI=1S/C5H8O2/c1-4(6)3-5(2)7/h3H2,1-2H3/i3+1. The molecule has 0 N–H and O–H groups in total. The van der Waals surface area contributed by atoms with Crippen molar-refractivity contribution in [3.05, 3.63) is 0 Å². The third kappa shape index (κ3) is 5.34. The van der Waals surface area contributed by atoms with Gasteiger partial charge in [0.05, 0.1) is 6.42 Å². The Morgan fingerprint density at radius 2 is 1.43 bits per heavy atom. The normalized spacial score (nSPS) is 8.29. The van der Waals surface area contributed by atoms with Crippen molar-refractivity contribution in [2.45, 2.75) is 20.3 Å². The van der Waals surface area contributed by atoms with Gasteiger partial charge in [-0.05, 0) is 13.8 Å². The number of hydrogen-bond donors (Lipinski definition) is 0. The Labute approximate surface area is 42.5 Å². The third-order valence-corrected chi connectivity index (χ3v) is 0.498. The summed E-state index contributed by atoms with van der Waals surface area (Å²) in [5.41, 5.74) is 0. The van der Waals surface area contributed by atoms with Crippen molar-refractivity contribution in [3.63, 3.8) is 0 Å². The highest BCUT2D eigenvalue weighted by Crippen LogP contribution is 1.80. The van der Waals surface area contributed by atoms with Crippen molar-refractivity contribution >= 4 is 11.6 Å². The fraction of sp³-hybridized carbons (Fsp3) is 0.600. The van der Waals surface area contributed by atoms with Crippen molar-refractivity contribution in [3.8, 4) is 0 Å². The highest BCUT2D eigenvalue weighted by molar-refractivity contribution is 5.96. The quantitative estimate of drug-likeness (QED) is 0.376. The van der Waals surface area contributed by atoms with E-state index in [9.17, 15) is 9.59 Å². The summed E-state index contributed by atoms with van der Waals surface area (Å²) in [5, 5.41) is 0. The molecule has 0 aromatic rings. The summed E-state index contributed by atoms with van der Waals surface area (Å²) in [5.74, 6) is -0.125. The van der Waals surface area contributed by atoms with Crippen molar-refractivity contribution in [1.82, 2.24) is 0 Å². The predicted octanol–water partition coefficient (Wildman–Crippen LogP) is 0.554. The maximum atomic E-state index is 10.0. The molecule has 0 amide bonds. The zero-order valence-corrected chi connectivity index (χ0v) is 4.52. The Kier molecular flexibility index (Phi) is 2.27. The molecular formula is C5H8O2. The van der Waals surface area contributed by atoms with Crippen LogP contribution in [0.25, 0.3) is 0 Å². The number of carbonyl (C=O) groups is 2. The van der Waals surface area contributed by atoms with Crippen LogP contribution in [0.1, 0.15) is 20.3 Å². The van der Waals surface area contributed by atoms with E-state index in [1.165, 1.54) is 13.8 Å². The van der Waals surface area contributed by atoms with E-state index < -0.39 is 0 Å². The monoisotopic (exact) mass is 101 g/mol. The molecule has 0 bridgehead atoms. The first-order valence-electron chi connectivity index (χ1n) is 2.12. The first-order chi connectivity index (χ1) is 3.13. The average molecular weight is 101 g/mol. The lowest BCUT2D eigenvalue weighted by molar-refractivity contribution is -0.124. The molecule has 0 aliphatic rings. The largest absolute Gasteiger partial charge is 0.300 e. The average Bonchev–Trinajstić information content (AvgIpc) is 1.27. The van der Waals surface area contributed by atoms with Crippen LogP contribution in [-0.4, -0.2) is 11.6 Å². The van der Waals surface area contributed by atoms with Crippen LogP contribution >= 0.6 is 0 Å². The summed E-state index contributed by atoms with van der Waals surface area (Å²) in [6, 6.07) is 0. The maximum absolute atomic E-state index is 10.0. The van der Waals surface area contributed by atoms with E-state index in [2.05, 4.69) is 0 Å². The second-order valence-corrected chi connectivity index (χ2v) is 1.58. The van der Waals surface area contributed by atoms with Crippen LogP contribution in [0.2, 0.25) is 0 Å². The lowest BCUT2D eigenvalue weighted by Crippen LogP contribution is -1.97. The minimum Gasteiger partial charge on any atom is -0.300 e. The molecular weight excluding hydrogens is 93.0 g/mol. The van der Waals surface area contributed by atoms with Crippen molar-refractivity contribution in [2.75, 3.05) is 0 Å². The second kappa shape index (κ2) is 2.50. The number of ketones is 2. The fourth-order valence-electron chi connectivity index (χ4n) is 0.351. The van der Waals surface area contributed by atoms with E-state index in [0.29, 0.717) is 0 Å². The lowest BCUT2D eigenvalue weighted by Gasteiger charge is -1.81. The Morgan fingerprint density at radius 1 is 1.14 bits per heavy atom. The molecule has 0 spiro atoms. The molecule has 40 valence electrons. The summed E-state index contributed by atoms with van der Waals surface area (Å²) in [6.07, 6.45) is 0.0833. The molecule has 0 rings (SSSR count). The molecule has 0 fully saturated rings. The zero-order chi connectivity index (χ0) is 5.86. The van der Waals surface area contributed by atoms with E-state index in [-0.39, 0.29) is 18.0 Å². The molecule has 0 heterocycles. The van der Waals surface area contributed by atoms with Gasteiger partial charge in [-0.2, -0.15) is 0 Å². The molecule has 0 aromatic carbocycles. The maximum Gasteiger partial charge on any atom is 0.137 e. The van der Waals surface area contributed by atoms with Crippen LogP contribution < -0.4 is 0 Å². The van der Waals surface area contributed by atoms with E-state index in [4.69, 9.17) is 0 Å². The summed E-state index contributed by atoms with van der Waals surface area (Å²) in [6.45, 7) is 2.81. The summed E-state index contributed by atoms with van der Waals surface area (Å²) in [7, 11) is 0. The SMILES string of the molecule is CC(=O)[13CH2]C(C)=O. The molecule has 0 saturated carbocycles. The Hall–Kier alpha value is -0.660. The Morgan fingerprint density at radius 3 is 1.43 bits per heavy atom. The summed E-state index contributed by atoms with van der Waals surface area (Å²) >= 11 is 0.